The maximum atomic E-state index is 11.8. The number of hydrogen-bond acceptors (Lipinski definition) is 4. The summed E-state index contributed by atoms with van der Waals surface area (Å²) >= 11 is 0. The fourth-order valence-electron chi connectivity index (χ4n) is 2.48. The molecule has 3 unspecified atom stereocenters. The van der Waals surface area contributed by atoms with Gasteiger partial charge in [0.1, 0.15) is 5.72 Å². The molecule has 3 atom stereocenters. The zero-order chi connectivity index (χ0) is 11.8. The Balaban J connectivity index is 0.00000144. The summed E-state index contributed by atoms with van der Waals surface area (Å²) in [6.45, 7) is 5.71. The Morgan fingerprint density at radius 3 is 2.65 bits per heavy atom. The van der Waals surface area contributed by atoms with E-state index in [9.17, 15) is 8.42 Å². The molecule has 2 aliphatic rings. The van der Waals surface area contributed by atoms with Crippen molar-refractivity contribution in [3.05, 3.63) is 0 Å². The Bertz CT molecular complexity index is 350. The molecule has 17 heavy (non-hydrogen) atoms. The summed E-state index contributed by atoms with van der Waals surface area (Å²) in [7, 11) is -2.86. The summed E-state index contributed by atoms with van der Waals surface area (Å²) in [5.74, 6) is 0.859. The molecular formula is C11H22ClNO3S. The fourth-order valence-corrected chi connectivity index (χ4v) is 4.48. The van der Waals surface area contributed by atoms with Gasteiger partial charge in [-0.3, -0.25) is 5.32 Å². The second kappa shape index (κ2) is 5.43. The van der Waals surface area contributed by atoms with Crippen LogP contribution < -0.4 is 5.32 Å². The van der Waals surface area contributed by atoms with Crippen molar-refractivity contribution in [3.63, 3.8) is 0 Å². The largest absolute Gasteiger partial charge is 0.361 e. The zero-order valence-corrected chi connectivity index (χ0v) is 12.1. The molecule has 0 aromatic heterocycles. The summed E-state index contributed by atoms with van der Waals surface area (Å²) in [5.41, 5.74) is -0.450. The van der Waals surface area contributed by atoms with E-state index in [1.807, 2.05) is 6.92 Å². The number of halogens is 1. The van der Waals surface area contributed by atoms with Crippen LogP contribution in [0.15, 0.2) is 0 Å². The molecule has 2 fully saturated rings. The smallest absolute Gasteiger partial charge is 0.153 e. The van der Waals surface area contributed by atoms with E-state index in [4.69, 9.17) is 4.74 Å². The predicted octanol–water partition coefficient (Wildman–Crippen LogP) is 1.35. The molecule has 0 saturated carbocycles. The molecule has 2 saturated heterocycles. The van der Waals surface area contributed by atoms with E-state index < -0.39 is 15.6 Å². The predicted molar refractivity (Wildman–Crippen MR) is 70.2 cm³/mol. The average Bonchev–Trinajstić information content (AvgIpc) is 2.52. The number of ether oxygens (including phenoxy) is 1. The van der Waals surface area contributed by atoms with Crippen molar-refractivity contribution in [1.82, 2.24) is 5.32 Å². The lowest BCUT2D eigenvalue weighted by molar-refractivity contribution is -0.105. The highest BCUT2D eigenvalue weighted by atomic mass is 35.5. The molecule has 0 aliphatic carbocycles. The third-order valence-electron chi connectivity index (χ3n) is 3.59. The Morgan fingerprint density at radius 2 is 2.18 bits per heavy atom. The Hall–Kier alpha value is 0.160. The van der Waals surface area contributed by atoms with Gasteiger partial charge in [0.2, 0.25) is 0 Å². The standard InChI is InChI=1S/C11H21NO3S.ClH/c1-9-7-12-11(2,15-8-9)6-10-4-3-5-16(10,13)14;/h9-10,12H,3-8H2,1-2H3;1H. The van der Waals surface area contributed by atoms with Gasteiger partial charge in [0.25, 0.3) is 0 Å². The van der Waals surface area contributed by atoms with Crippen LogP contribution in [0.25, 0.3) is 0 Å². The van der Waals surface area contributed by atoms with Gasteiger partial charge in [0.15, 0.2) is 9.84 Å². The van der Waals surface area contributed by atoms with Crippen LogP contribution in [0.2, 0.25) is 0 Å². The molecule has 2 aliphatic heterocycles. The van der Waals surface area contributed by atoms with Gasteiger partial charge in [-0.1, -0.05) is 6.92 Å². The van der Waals surface area contributed by atoms with Crippen LogP contribution in [0.3, 0.4) is 0 Å². The first-order valence-electron chi connectivity index (χ1n) is 6.02. The molecule has 102 valence electrons. The second-order valence-corrected chi connectivity index (χ2v) is 7.76. The molecule has 2 rings (SSSR count). The average molecular weight is 284 g/mol. The van der Waals surface area contributed by atoms with Gasteiger partial charge < -0.3 is 4.74 Å². The van der Waals surface area contributed by atoms with E-state index in [-0.39, 0.29) is 17.7 Å². The van der Waals surface area contributed by atoms with E-state index in [1.165, 1.54) is 0 Å². The number of rotatable bonds is 2. The molecule has 6 heteroatoms. The van der Waals surface area contributed by atoms with Crippen molar-refractivity contribution < 1.29 is 13.2 Å². The minimum absolute atomic E-state index is 0. The van der Waals surface area contributed by atoms with Crippen LogP contribution in [0, 0.1) is 5.92 Å². The Labute approximate surface area is 110 Å². The molecule has 4 nitrogen and oxygen atoms in total. The summed E-state index contributed by atoms with van der Waals surface area (Å²) in [4.78, 5) is 0. The van der Waals surface area contributed by atoms with Crippen molar-refractivity contribution >= 4 is 22.2 Å². The van der Waals surface area contributed by atoms with Gasteiger partial charge in [-0.25, -0.2) is 8.42 Å². The van der Waals surface area contributed by atoms with E-state index in [1.54, 1.807) is 0 Å². The second-order valence-electron chi connectivity index (χ2n) is 5.36. The number of nitrogens with one attached hydrogen (secondary N) is 1. The maximum Gasteiger partial charge on any atom is 0.153 e. The van der Waals surface area contributed by atoms with Crippen LogP contribution >= 0.6 is 12.4 Å². The van der Waals surface area contributed by atoms with Gasteiger partial charge in [0.05, 0.1) is 17.6 Å². The molecule has 0 spiro atoms. The van der Waals surface area contributed by atoms with Gasteiger partial charge in [-0.05, 0) is 25.7 Å². The van der Waals surface area contributed by atoms with Crippen LogP contribution in [0.5, 0.6) is 0 Å². The van der Waals surface area contributed by atoms with E-state index in [0.717, 1.165) is 26.0 Å². The van der Waals surface area contributed by atoms with E-state index in [0.29, 0.717) is 18.1 Å². The third kappa shape index (κ3) is 3.56. The van der Waals surface area contributed by atoms with E-state index >= 15 is 0 Å². The van der Waals surface area contributed by atoms with Crippen LogP contribution in [0.1, 0.15) is 33.1 Å². The molecule has 0 bridgehead atoms. The van der Waals surface area contributed by atoms with Gasteiger partial charge in [-0.2, -0.15) is 0 Å². The summed E-state index contributed by atoms with van der Waals surface area (Å²) in [5, 5.41) is 3.11. The molecule has 0 aromatic rings. The van der Waals surface area contributed by atoms with Gasteiger partial charge in [-0.15, -0.1) is 12.4 Å². The van der Waals surface area contributed by atoms with Crippen LogP contribution in [0.4, 0.5) is 0 Å². The Kier molecular flexibility index (Phi) is 4.86. The van der Waals surface area contributed by atoms with Crippen LogP contribution in [-0.2, 0) is 14.6 Å². The highest BCUT2D eigenvalue weighted by Gasteiger charge is 2.39. The number of sulfone groups is 1. The minimum Gasteiger partial charge on any atom is -0.361 e. The number of hydrogen-bond donors (Lipinski definition) is 1. The maximum absolute atomic E-state index is 11.8. The van der Waals surface area contributed by atoms with Crippen molar-refractivity contribution in [3.8, 4) is 0 Å². The van der Waals surface area contributed by atoms with Gasteiger partial charge in [0, 0.05) is 13.0 Å². The lowest BCUT2D eigenvalue weighted by Gasteiger charge is -2.39. The highest BCUT2D eigenvalue weighted by Crippen LogP contribution is 2.29. The quantitative estimate of drug-likeness (QED) is 0.831. The van der Waals surface area contributed by atoms with Crippen molar-refractivity contribution in [1.29, 1.82) is 0 Å². The molecule has 0 amide bonds. The molecule has 0 radical (unpaired) electrons. The highest BCUT2D eigenvalue weighted by molar-refractivity contribution is 7.92. The Morgan fingerprint density at radius 1 is 1.47 bits per heavy atom. The van der Waals surface area contributed by atoms with Gasteiger partial charge >= 0.3 is 0 Å². The monoisotopic (exact) mass is 283 g/mol. The first-order valence-corrected chi connectivity index (χ1v) is 7.73. The molecule has 1 N–H and O–H groups in total. The first kappa shape index (κ1) is 15.2. The van der Waals surface area contributed by atoms with Crippen molar-refractivity contribution in [2.45, 2.75) is 44.1 Å². The minimum atomic E-state index is -2.86. The summed E-state index contributed by atoms with van der Waals surface area (Å²) < 4.78 is 29.3. The first-order chi connectivity index (χ1) is 7.41. The van der Waals surface area contributed by atoms with Crippen molar-refractivity contribution in [2.75, 3.05) is 18.9 Å². The van der Waals surface area contributed by atoms with Crippen LogP contribution in [-0.4, -0.2) is 38.3 Å². The van der Waals surface area contributed by atoms with Crippen molar-refractivity contribution in [2.24, 2.45) is 5.92 Å². The molecular weight excluding hydrogens is 262 g/mol. The third-order valence-corrected chi connectivity index (χ3v) is 5.87. The normalized spacial score (nSPS) is 40.8. The lowest BCUT2D eigenvalue weighted by Crippen LogP contribution is -2.54. The SMILES string of the molecule is CC1CNC(C)(CC2CCCS2(=O)=O)OC1.Cl. The fraction of sp³-hybridized carbons (Fsp3) is 1.00. The summed E-state index contributed by atoms with van der Waals surface area (Å²) in [6.07, 6.45) is 2.18. The topological polar surface area (TPSA) is 55.4 Å². The molecule has 0 aromatic carbocycles. The lowest BCUT2D eigenvalue weighted by atomic mass is 10.0. The molecule has 2 heterocycles. The summed E-state index contributed by atoms with van der Waals surface area (Å²) in [6, 6.07) is 0. The zero-order valence-electron chi connectivity index (χ0n) is 10.4. The van der Waals surface area contributed by atoms with E-state index in [2.05, 4.69) is 12.2 Å².